The Morgan fingerprint density at radius 3 is 2.61 bits per heavy atom. The van der Waals surface area contributed by atoms with E-state index in [1.54, 1.807) is 24.3 Å². The first-order chi connectivity index (χ1) is 8.71. The summed E-state index contributed by atoms with van der Waals surface area (Å²) in [5.41, 5.74) is 0.615. The molecule has 0 heterocycles. The molecule has 0 aromatic heterocycles. The predicted octanol–water partition coefficient (Wildman–Crippen LogP) is 1.49. The summed E-state index contributed by atoms with van der Waals surface area (Å²) in [5, 5.41) is 8.60. The molecule has 1 N–H and O–H groups in total. The Labute approximate surface area is 105 Å². The standard InChI is InChI=1S/C13H13NO4/c1-14-12(13(16)17-2)9-10-3-5-11(6-4-10)18-8-7-15/h3-6,9,15H,7-8H2,2H3/b12-9-. The molecule has 0 aliphatic rings. The van der Waals surface area contributed by atoms with E-state index in [-0.39, 0.29) is 18.9 Å². The highest BCUT2D eigenvalue weighted by molar-refractivity contribution is 5.95. The van der Waals surface area contributed by atoms with E-state index in [0.29, 0.717) is 11.3 Å². The highest BCUT2D eigenvalue weighted by Crippen LogP contribution is 2.15. The minimum absolute atomic E-state index is 0.0497. The molecule has 0 aliphatic carbocycles. The molecule has 0 aliphatic heterocycles. The molecule has 1 aromatic carbocycles. The number of hydrogen-bond donors (Lipinski definition) is 1. The lowest BCUT2D eigenvalue weighted by Crippen LogP contribution is -2.02. The molecule has 5 heteroatoms. The largest absolute Gasteiger partial charge is 0.491 e. The van der Waals surface area contributed by atoms with Gasteiger partial charge >= 0.3 is 5.97 Å². The van der Waals surface area contributed by atoms with E-state index in [0.717, 1.165) is 0 Å². The lowest BCUT2D eigenvalue weighted by molar-refractivity contribution is -0.135. The van der Waals surface area contributed by atoms with Crippen LogP contribution >= 0.6 is 0 Å². The van der Waals surface area contributed by atoms with Crippen molar-refractivity contribution in [3.8, 4) is 5.75 Å². The molecular formula is C13H13NO4. The maximum atomic E-state index is 11.2. The van der Waals surface area contributed by atoms with E-state index in [9.17, 15) is 4.79 Å². The Morgan fingerprint density at radius 2 is 2.11 bits per heavy atom. The number of esters is 1. The van der Waals surface area contributed by atoms with Crippen LogP contribution < -0.4 is 4.74 Å². The van der Waals surface area contributed by atoms with Crippen molar-refractivity contribution in [2.24, 2.45) is 0 Å². The van der Waals surface area contributed by atoms with Crippen LogP contribution in [-0.4, -0.2) is 31.4 Å². The van der Waals surface area contributed by atoms with Crippen LogP contribution in [0.2, 0.25) is 0 Å². The van der Waals surface area contributed by atoms with E-state index in [2.05, 4.69) is 9.58 Å². The summed E-state index contributed by atoms with van der Waals surface area (Å²) in [7, 11) is 1.23. The number of aliphatic hydroxyl groups excluding tert-OH is 1. The fourth-order valence-electron chi connectivity index (χ4n) is 1.22. The van der Waals surface area contributed by atoms with Crippen LogP contribution in [-0.2, 0) is 9.53 Å². The summed E-state index contributed by atoms with van der Waals surface area (Å²) in [6.45, 7) is 7.06. The molecule has 0 amide bonds. The van der Waals surface area contributed by atoms with E-state index in [4.69, 9.17) is 16.4 Å². The zero-order valence-corrected chi connectivity index (χ0v) is 9.92. The highest BCUT2D eigenvalue weighted by Gasteiger charge is 2.08. The Kier molecular flexibility index (Phi) is 5.42. The third-order valence-electron chi connectivity index (χ3n) is 2.06. The van der Waals surface area contributed by atoms with Crippen LogP contribution in [0.3, 0.4) is 0 Å². The van der Waals surface area contributed by atoms with Crippen LogP contribution in [0, 0.1) is 6.57 Å². The highest BCUT2D eigenvalue weighted by atomic mass is 16.5. The van der Waals surface area contributed by atoms with Gasteiger partial charge in [0.15, 0.2) is 0 Å². The second-order valence-electron chi connectivity index (χ2n) is 3.27. The van der Waals surface area contributed by atoms with Crippen molar-refractivity contribution in [2.45, 2.75) is 0 Å². The molecule has 18 heavy (non-hydrogen) atoms. The smallest absolute Gasteiger partial charge is 0.336 e. The van der Waals surface area contributed by atoms with Crippen molar-refractivity contribution < 1.29 is 19.4 Å². The Hall–Kier alpha value is -2.32. The van der Waals surface area contributed by atoms with Crippen LogP contribution in [0.5, 0.6) is 5.75 Å². The van der Waals surface area contributed by atoms with Crippen molar-refractivity contribution >= 4 is 12.0 Å². The number of nitrogens with zero attached hydrogens (tertiary/aromatic N) is 1. The first-order valence-corrected chi connectivity index (χ1v) is 5.22. The van der Waals surface area contributed by atoms with Gasteiger partial charge < -0.3 is 14.6 Å². The number of aliphatic hydroxyl groups is 1. The Bertz CT molecular complexity index is 471. The molecule has 0 saturated carbocycles. The van der Waals surface area contributed by atoms with Crippen molar-refractivity contribution in [3.63, 3.8) is 0 Å². The van der Waals surface area contributed by atoms with E-state index in [1.807, 2.05) is 0 Å². The number of benzene rings is 1. The fraction of sp³-hybridized carbons (Fsp3) is 0.231. The van der Waals surface area contributed by atoms with Crippen LogP contribution in [0.15, 0.2) is 30.0 Å². The second-order valence-corrected chi connectivity index (χ2v) is 3.27. The van der Waals surface area contributed by atoms with Crippen LogP contribution in [0.1, 0.15) is 5.56 Å². The molecule has 0 saturated heterocycles. The predicted molar refractivity (Wildman–Crippen MR) is 65.6 cm³/mol. The Morgan fingerprint density at radius 1 is 1.44 bits per heavy atom. The molecular weight excluding hydrogens is 234 g/mol. The van der Waals surface area contributed by atoms with E-state index >= 15 is 0 Å². The van der Waals surface area contributed by atoms with Crippen molar-refractivity contribution in [1.82, 2.24) is 0 Å². The summed E-state index contributed by atoms with van der Waals surface area (Å²) in [5.74, 6) is -0.0470. The molecule has 0 atom stereocenters. The monoisotopic (exact) mass is 247 g/mol. The number of carbonyl (C=O) groups excluding carboxylic acids is 1. The molecule has 94 valence electrons. The van der Waals surface area contributed by atoms with Gasteiger partial charge in [0, 0.05) is 0 Å². The van der Waals surface area contributed by atoms with Gasteiger partial charge in [-0.3, -0.25) is 4.79 Å². The molecule has 5 nitrogen and oxygen atoms in total. The lowest BCUT2D eigenvalue weighted by atomic mass is 10.2. The molecule has 1 aromatic rings. The van der Waals surface area contributed by atoms with Gasteiger partial charge in [-0.25, -0.2) is 4.85 Å². The maximum Gasteiger partial charge on any atom is 0.336 e. The van der Waals surface area contributed by atoms with Crippen molar-refractivity contribution in [3.05, 3.63) is 46.9 Å². The first-order valence-electron chi connectivity index (χ1n) is 5.22. The molecule has 0 bridgehead atoms. The SMILES string of the molecule is [C-]#[N+]/C(=C\c1ccc(OCCO)cc1)C(=O)OC. The molecule has 0 radical (unpaired) electrons. The second kappa shape index (κ2) is 7.09. The molecule has 0 spiro atoms. The summed E-state index contributed by atoms with van der Waals surface area (Å²) >= 11 is 0. The zero-order valence-electron chi connectivity index (χ0n) is 9.92. The Balaban J connectivity index is 2.82. The van der Waals surface area contributed by atoms with Crippen LogP contribution in [0.4, 0.5) is 0 Å². The van der Waals surface area contributed by atoms with Crippen molar-refractivity contribution in [1.29, 1.82) is 0 Å². The van der Waals surface area contributed by atoms with Gasteiger partial charge in [0.05, 0.1) is 20.3 Å². The van der Waals surface area contributed by atoms with E-state index < -0.39 is 5.97 Å². The number of rotatable bonds is 5. The van der Waals surface area contributed by atoms with Gasteiger partial charge in [0.25, 0.3) is 5.70 Å². The maximum absolute atomic E-state index is 11.2. The fourth-order valence-corrected chi connectivity index (χ4v) is 1.22. The van der Waals surface area contributed by atoms with Gasteiger partial charge in [-0.2, -0.15) is 0 Å². The average Bonchev–Trinajstić information content (AvgIpc) is 2.43. The average molecular weight is 247 g/mol. The number of methoxy groups -OCH3 is 1. The lowest BCUT2D eigenvalue weighted by Gasteiger charge is -2.04. The summed E-state index contributed by atoms with van der Waals surface area (Å²) in [6, 6.07) is 6.81. The minimum atomic E-state index is -0.661. The molecule has 0 fully saturated rings. The zero-order chi connectivity index (χ0) is 13.4. The van der Waals surface area contributed by atoms with Crippen LogP contribution in [0.25, 0.3) is 10.9 Å². The summed E-state index contributed by atoms with van der Waals surface area (Å²) < 4.78 is 9.67. The first kappa shape index (κ1) is 13.7. The third kappa shape index (κ3) is 3.92. The van der Waals surface area contributed by atoms with Gasteiger partial charge in [0.1, 0.15) is 12.4 Å². The van der Waals surface area contributed by atoms with E-state index in [1.165, 1.54) is 13.2 Å². The topological polar surface area (TPSA) is 60.1 Å². The molecule has 1 rings (SSSR count). The van der Waals surface area contributed by atoms with Gasteiger partial charge in [-0.05, 0) is 23.8 Å². The normalized spacial score (nSPS) is 10.6. The molecule has 0 unspecified atom stereocenters. The number of ether oxygens (including phenoxy) is 2. The third-order valence-corrected chi connectivity index (χ3v) is 2.06. The van der Waals surface area contributed by atoms with Gasteiger partial charge in [-0.1, -0.05) is 12.1 Å². The van der Waals surface area contributed by atoms with Crippen molar-refractivity contribution in [2.75, 3.05) is 20.3 Å². The minimum Gasteiger partial charge on any atom is -0.491 e. The van der Waals surface area contributed by atoms with Gasteiger partial charge in [-0.15, -0.1) is 0 Å². The summed E-state index contributed by atoms with van der Waals surface area (Å²) in [4.78, 5) is 14.3. The quantitative estimate of drug-likeness (QED) is 0.486. The number of hydrogen-bond acceptors (Lipinski definition) is 4. The van der Waals surface area contributed by atoms with Gasteiger partial charge in [0.2, 0.25) is 0 Å². The number of carbonyl (C=O) groups is 1. The summed E-state index contributed by atoms with van der Waals surface area (Å²) in [6.07, 6.45) is 1.44.